The predicted octanol–water partition coefficient (Wildman–Crippen LogP) is 4.46. The van der Waals surface area contributed by atoms with Crippen molar-refractivity contribution in [2.75, 3.05) is 5.32 Å². The molecule has 1 unspecified atom stereocenters. The maximum Gasteiger partial charge on any atom is 0.337 e. The molecule has 36 heavy (non-hydrogen) atoms. The van der Waals surface area contributed by atoms with E-state index < -0.39 is 21.8 Å². The molecule has 188 valence electrons. The molecule has 0 fully saturated rings. The largest absolute Gasteiger partial charge is 0.478 e. The highest BCUT2D eigenvalue weighted by Crippen LogP contribution is 2.26. The smallest absolute Gasteiger partial charge is 0.337 e. The number of carbonyl (C=O) groups excluding carboxylic acids is 1. The van der Waals surface area contributed by atoms with Crippen LogP contribution in [0.15, 0.2) is 59.5 Å². The van der Waals surface area contributed by atoms with Crippen molar-refractivity contribution in [3.05, 3.63) is 93.5 Å². The van der Waals surface area contributed by atoms with Gasteiger partial charge in [-0.3, -0.25) is 0 Å². The van der Waals surface area contributed by atoms with Crippen molar-refractivity contribution in [3.63, 3.8) is 0 Å². The molecule has 1 aliphatic rings. The van der Waals surface area contributed by atoms with E-state index in [9.17, 15) is 23.1 Å². The van der Waals surface area contributed by atoms with Gasteiger partial charge < -0.3 is 21.1 Å². The SMILES string of the molecule is Cc1cccc(C(C)NC(=O)Nc2ccc(S(=O)(=O)Cc3ccc4c(c3)CNC4)cc2C(=O)O)c1C. The van der Waals surface area contributed by atoms with Crippen molar-refractivity contribution in [1.29, 1.82) is 0 Å². The Hall–Kier alpha value is -3.69. The van der Waals surface area contributed by atoms with Crippen molar-refractivity contribution >= 4 is 27.5 Å². The number of aromatic carboxylic acids is 1. The molecule has 0 saturated heterocycles. The highest BCUT2D eigenvalue weighted by atomic mass is 32.2. The summed E-state index contributed by atoms with van der Waals surface area (Å²) in [5, 5.41) is 18.3. The van der Waals surface area contributed by atoms with Crippen LogP contribution in [0.2, 0.25) is 0 Å². The zero-order chi connectivity index (χ0) is 26.0. The second kappa shape index (κ2) is 10.1. The first-order chi connectivity index (χ1) is 17.0. The molecule has 0 aliphatic carbocycles. The van der Waals surface area contributed by atoms with E-state index in [1.807, 2.05) is 51.1 Å². The number of nitrogens with one attached hydrogen (secondary N) is 3. The number of carbonyl (C=O) groups is 2. The number of benzene rings is 3. The van der Waals surface area contributed by atoms with Crippen LogP contribution in [0.25, 0.3) is 0 Å². The van der Waals surface area contributed by atoms with E-state index in [1.165, 1.54) is 12.1 Å². The fourth-order valence-electron chi connectivity index (χ4n) is 4.42. The van der Waals surface area contributed by atoms with Gasteiger partial charge in [-0.1, -0.05) is 36.4 Å². The first kappa shape index (κ1) is 25.4. The van der Waals surface area contributed by atoms with E-state index in [2.05, 4.69) is 16.0 Å². The second-order valence-corrected chi connectivity index (χ2v) is 11.1. The van der Waals surface area contributed by atoms with Crippen LogP contribution in [0.4, 0.5) is 10.5 Å². The van der Waals surface area contributed by atoms with E-state index in [0.29, 0.717) is 12.1 Å². The van der Waals surface area contributed by atoms with Crippen LogP contribution in [0.5, 0.6) is 0 Å². The summed E-state index contributed by atoms with van der Waals surface area (Å²) in [4.78, 5) is 24.4. The minimum atomic E-state index is -3.81. The highest BCUT2D eigenvalue weighted by molar-refractivity contribution is 7.90. The fraction of sp³-hybridized carbons (Fsp3) is 0.259. The van der Waals surface area contributed by atoms with Crippen LogP contribution < -0.4 is 16.0 Å². The number of fused-ring (bicyclic) bond motifs is 1. The lowest BCUT2D eigenvalue weighted by Crippen LogP contribution is -2.32. The molecule has 0 aromatic heterocycles. The van der Waals surface area contributed by atoms with Gasteiger partial charge >= 0.3 is 12.0 Å². The van der Waals surface area contributed by atoms with Crippen molar-refractivity contribution in [1.82, 2.24) is 10.6 Å². The lowest BCUT2D eigenvalue weighted by Gasteiger charge is -2.19. The molecule has 3 aromatic carbocycles. The number of sulfone groups is 1. The number of aryl methyl sites for hydroxylation is 1. The average Bonchev–Trinajstić information content (AvgIpc) is 3.28. The first-order valence-corrected chi connectivity index (χ1v) is 13.3. The number of urea groups is 1. The predicted molar refractivity (Wildman–Crippen MR) is 138 cm³/mol. The average molecular weight is 508 g/mol. The maximum absolute atomic E-state index is 13.1. The third-order valence-electron chi connectivity index (χ3n) is 6.55. The number of hydrogen-bond donors (Lipinski definition) is 4. The molecule has 0 radical (unpaired) electrons. The Balaban J connectivity index is 1.52. The molecule has 0 bridgehead atoms. The maximum atomic E-state index is 13.1. The molecule has 1 aliphatic heterocycles. The van der Waals surface area contributed by atoms with Gasteiger partial charge in [0, 0.05) is 13.1 Å². The molecule has 4 N–H and O–H groups in total. The number of carboxylic acids is 1. The topological polar surface area (TPSA) is 125 Å². The van der Waals surface area contributed by atoms with E-state index in [1.54, 1.807) is 6.07 Å². The van der Waals surface area contributed by atoms with E-state index >= 15 is 0 Å². The molecule has 0 saturated carbocycles. The summed E-state index contributed by atoms with van der Waals surface area (Å²) in [5.41, 5.74) is 5.66. The van der Waals surface area contributed by atoms with Crippen molar-refractivity contribution < 1.29 is 23.1 Å². The van der Waals surface area contributed by atoms with Crippen LogP contribution in [0.1, 0.15) is 56.7 Å². The normalized spacial score (nSPS) is 13.6. The first-order valence-electron chi connectivity index (χ1n) is 11.6. The lowest BCUT2D eigenvalue weighted by atomic mass is 9.98. The zero-order valence-corrected chi connectivity index (χ0v) is 21.2. The fourth-order valence-corrected chi connectivity index (χ4v) is 5.78. The molecule has 1 atom stereocenters. The molecule has 2 amide bonds. The van der Waals surface area contributed by atoms with Gasteiger partial charge in [-0.25, -0.2) is 18.0 Å². The highest BCUT2D eigenvalue weighted by Gasteiger charge is 2.22. The van der Waals surface area contributed by atoms with Crippen molar-refractivity contribution in [3.8, 4) is 0 Å². The van der Waals surface area contributed by atoms with Gasteiger partial charge in [0.15, 0.2) is 9.84 Å². The van der Waals surface area contributed by atoms with Crippen LogP contribution in [-0.4, -0.2) is 25.5 Å². The monoisotopic (exact) mass is 507 g/mol. The third kappa shape index (κ3) is 5.42. The molecule has 1 heterocycles. The van der Waals surface area contributed by atoms with Crippen molar-refractivity contribution in [2.24, 2.45) is 0 Å². The molecule has 8 nitrogen and oxygen atoms in total. The summed E-state index contributed by atoms with van der Waals surface area (Å²) in [5.74, 6) is -1.59. The summed E-state index contributed by atoms with van der Waals surface area (Å²) in [6.07, 6.45) is 0. The molecular formula is C27H29N3O5S. The summed E-state index contributed by atoms with van der Waals surface area (Å²) in [6, 6.07) is 14.2. The zero-order valence-electron chi connectivity index (χ0n) is 20.4. The Labute approximate surface area is 210 Å². The minimum absolute atomic E-state index is 0.00993. The Morgan fingerprint density at radius 2 is 1.78 bits per heavy atom. The molecule has 9 heteroatoms. The van der Waals surface area contributed by atoms with Gasteiger partial charge in [-0.2, -0.15) is 0 Å². The van der Waals surface area contributed by atoms with E-state index in [0.717, 1.165) is 40.4 Å². The van der Waals surface area contributed by atoms with Gasteiger partial charge in [-0.15, -0.1) is 0 Å². The summed E-state index contributed by atoms with van der Waals surface area (Å²) in [6.45, 7) is 7.25. The molecule has 3 aromatic rings. The Bertz CT molecular complexity index is 1450. The summed E-state index contributed by atoms with van der Waals surface area (Å²) in [7, 11) is -3.81. The number of amides is 2. The van der Waals surface area contributed by atoms with Gasteiger partial charge in [0.25, 0.3) is 0 Å². The summed E-state index contributed by atoms with van der Waals surface area (Å²) >= 11 is 0. The Morgan fingerprint density at radius 3 is 2.53 bits per heavy atom. The quantitative estimate of drug-likeness (QED) is 0.374. The van der Waals surface area contributed by atoms with Crippen LogP contribution in [-0.2, 0) is 28.7 Å². The Kier molecular flexibility index (Phi) is 7.14. The van der Waals surface area contributed by atoms with Crippen molar-refractivity contribution in [2.45, 2.75) is 50.6 Å². The van der Waals surface area contributed by atoms with E-state index in [-0.39, 0.29) is 27.9 Å². The Morgan fingerprint density at radius 1 is 1.03 bits per heavy atom. The second-order valence-electron chi connectivity index (χ2n) is 9.09. The van der Waals surface area contributed by atoms with Crippen LogP contribution >= 0.6 is 0 Å². The molecular weight excluding hydrogens is 478 g/mol. The number of carboxylic acid groups (broad SMARTS) is 1. The van der Waals surface area contributed by atoms with Crippen LogP contribution in [0.3, 0.4) is 0 Å². The molecule has 4 rings (SSSR count). The van der Waals surface area contributed by atoms with E-state index in [4.69, 9.17) is 0 Å². The number of hydrogen-bond acceptors (Lipinski definition) is 5. The third-order valence-corrected chi connectivity index (χ3v) is 8.23. The standard InChI is InChI=1S/C27H29N3O5S/c1-16-5-4-6-23(17(16)2)18(3)29-27(33)30-25-10-9-22(12-24(25)26(31)32)36(34,35)15-19-7-8-20-13-28-14-21(20)11-19/h4-12,18,28H,13-15H2,1-3H3,(H,31,32)(H2,29,30,33). The molecule has 0 spiro atoms. The van der Waals surface area contributed by atoms with Gasteiger partial charge in [0.2, 0.25) is 0 Å². The van der Waals surface area contributed by atoms with Gasteiger partial charge in [-0.05, 0) is 72.4 Å². The number of anilines is 1. The van der Waals surface area contributed by atoms with Gasteiger partial charge in [0.05, 0.1) is 27.9 Å². The minimum Gasteiger partial charge on any atom is -0.478 e. The lowest BCUT2D eigenvalue weighted by molar-refractivity contribution is 0.0697. The van der Waals surface area contributed by atoms with Crippen LogP contribution in [0, 0.1) is 13.8 Å². The number of rotatable bonds is 7. The van der Waals surface area contributed by atoms with Gasteiger partial charge in [0.1, 0.15) is 0 Å². The summed E-state index contributed by atoms with van der Waals surface area (Å²) < 4.78 is 26.1.